The van der Waals surface area contributed by atoms with Crippen molar-refractivity contribution >= 4 is 11.3 Å². The summed E-state index contributed by atoms with van der Waals surface area (Å²) in [6.07, 6.45) is 6.92. The van der Waals surface area contributed by atoms with Crippen LogP contribution in [0.3, 0.4) is 0 Å². The first-order valence-corrected chi connectivity index (χ1v) is 7.86. The number of hydrogen-bond acceptors (Lipinski definition) is 4. The minimum absolute atomic E-state index is 0.0283. The average Bonchev–Trinajstić information content (AvgIpc) is 3.02. The standard InChI is InChI=1S/C14H24N2OS/c1-2-17-14(8-3-4-9-14)13(16-15)6-5-12-7-10-18-11-12/h7,10-11,13,16H,2-6,8-9,15H2,1H3. The van der Waals surface area contributed by atoms with Crippen LogP contribution in [0.25, 0.3) is 0 Å². The van der Waals surface area contributed by atoms with Crippen LogP contribution in [0.4, 0.5) is 0 Å². The first-order chi connectivity index (χ1) is 8.80. The molecular weight excluding hydrogens is 244 g/mol. The lowest BCUT2D eigenvalue weighted by atomic mass is 9.88. The lowest BCUT2D eigenvalue weighted by Gasteiger charge is -2.37. The molecule has 1 aliphatic carbocycles. The lowest BCUT2D eigenvalue weighted by molar-refractivity contribution is -0.0631. The molecule has 0 amide bonds. The summed E-state index contributed by atoms with van der Waals surface area (Å²) < 4.78 is 6.07. The summed E-state index contributed by atoms with van der Waals surface area (Å²) in [4.78, 5) is 0. The molecule has 1 saturated carbocycles. The molecule has 4 heteroatoms. The minimum Gasteiger partial charge on any atom is -0.374 e. The molecule has 3 N–H and O–H groups in total. The molecule has 0 spiro atoms. The summed E-state index contributed by atoms with van der Waals surface area (Å²) in [6, 6.07) is 2.46. The second kappa shape index (κ2) is 6.66. The van der Waals surface area contributed by atoms with Crippen LogP contribution in [-0.4, -0.2) is 18.2 Å². The molecule has 3 nitrogen and oxygen atoms in total. The number of nitrogens with two attached hydrogens (primary N) is 1. The van der Waals surface area contributed by atoms with Crippen molar-refractivity contribution in [2.45, 2.75) is 57.1 Å². The Balaban J connectivity index is 1.97. The van der Waals surface area contributed by atoms with Crippen LogP contribution in [0.5, 0.6) is 0 Å². The molecular formula is C14H24N2OS. The van der Waals surface area contributed by atoms with Crippen molar-refractivity contribution in [1.29, 1.82) is 0 Å². The van der Waals surface area contributed by atoms with Gasteiger partial charge in [0.25, 0.3) is 0 Å². The first kappa shape index (κ1) is 14.0. The number of ether oxygens (including phenoxy) is 1. The summed E-state index contributed by atoms with van der Waals surface area (Å²) in [7, 11) is 0. The molecule has 1 unspecified atom stereocenters. The Morgan fingerprint density at radius 3 is 2.83 bits per heavy atom. The van der Waals surface area contributed by atoms with Gasteiger partial charge in [-0.15, -0.1) is 0 Å². The van der Waals surface area contributed by atoms with Gasteiger partial charge in [-0.3, -0.25) is 11.3 Å². The van der Waals surface area contributed by atoms with Crippen LogP contribution < -0.4 is 11.3 Å². The third-order valence-corrected chi connectivity index (χ3v) is 4.75. The van der Waals surface area contributed by atoms with E-state index >= 15 is 0 Å². The van der Waals surface area contributed by atoms with Gasteiger partial charge in [0.05, 0.1) is 11.6 Å². The number of hydrogen-bond donors (Lipinski definition) is 2. The van der Waals surface area contributed by atoms with Crippen LogP contribution in [0.15, 0.2) is 16.8 Å². The molecule has 1 heterocycles. The molecule has 0 saturated heterocycles. The van der Waals surface area contributed by atoms with Crippen molar-refractivity contribution in [3.8, 4) is 0 Å². The molecule has 102 valence electrons. The second-order valence-corrected chi connectivity index (χ2v) is 5.87. The number of hydrazine groups is 1. The van der Waals surface area contributed by atoms with Crippen molar-refractivity contribution in [3.05, 3.63) is 22.4 Å². The largest absolute Gasteiger partial charge is 0.374 e. The highest BCUT2D eigenvalue weighted by Gasteiger charge is 2.41. The fraction of sp³-hybridized carbons (Fsp3) is 0.714. The maximum Gasteiger partial charge on any atom is 0.0848 e. The van der Waals surface area contributed by atoms with Gasteiger partial charge in [0, 0.05) is 6.61 Å². The summed E-state index contributed by atoms with van der Waals surface area (Å²) in [5, 5.41) is 4.35. The number of aryl methyl sites for hydroxylation is 1. The van der Waals surface area contributed by atoms with Gasteiger partial charge >= 0.3 is 0 Å². The van der Waals surface area contributed by atoms with Gasteiger partial charge in [-0.25, -0.2) is 0 Å². The first-order valence-electron chi connectivity index (χ1n) is 6.92. The molecule has 0 aromatic carbocycles. The van der Waals surface area contributed by atoms with Crippen molar-refractivity contribution in [1.82, 2.24) is 5.43 Å². The van der Waals surface area contributed by atoms with Crippen molar-refractivity contribution in [2.75, 3.05) is 6.61 Å². The monoisotopic (exact) mass is 268 g/mol. The van der Waals surface area contributed by atoms with E-state index in [0.29, 0.717) is 0 Å². The van der Waals surface area contributed by atoms with Gasteiger partial charge in [-0.05, 0) is 55.0 Å². The van der Waals surface area contributed by atoms with Crippen LogP contribution in [0.2, 0.25) is 0 Å². The minimum atomic E-state index is -0.0283. The molecule has 0 aliphatic heterocycles. The average molecular weight is 268 g/mol. The SMILES string of the molecule is CCOC1(C(CCc2ccsc2)NN)CCCC1. The van der Waals surface area contributed by atoms with E-state index in [1.165, 1.54) is 18.4 Å². The zero-order chi connectivity index (χ0) is 12.8. The molecule has 0 radical (unpaired) electrons. The van der Waals surface area contributed by atoms with Crippen molar-refractivity contribution < 1.29 is 4.74 Å². The Morgan fingerprint density at radius 2 is 2.28 bits per heavy atom. The zero-order valence-electron chi connectivity index (χ0n) is 11.2. The predicted octanol–water partition coefficient (Wildman–Crippen LogP) is 2.86. The van der Waals surface area contributed by atoms with E-state index in [2.05, 4.69) is 29.2 Å². The second-order valence-electron chi connectivity index (χ2n) is 5.09. The topological polar surface area (TPSA) is 47.3 Å². The maximum atomic E-state index is 6.07. The normalized spacial score (nSPS) is 20.1. The van der Waals surface area contributed by atoms with Crippen LogP contribution in [-0.2, 0) is 11.2 Å². The molecule has 2 rings (SSSR count). The van der Waals surface area contributed by atoms with E-state index in [-0.39, 0.29) is 11.6 Å². The van der Waals surface area contributed by atoms with Gasteiger partial charge in [0.1, 0.15) is 0 Å². The van der Waals surface area contributed by atoms with E-state index in [1.807, 2.05) is 0 Å². The van der Waals surface area contributed by atoms with Crippen molar-refractivity contribution in [3.63, 3.8) is 0 Å². The Kier molecular flexibility index (Phi) is 5.18. The van der Waals surface area contributed by atoms with Gasteiger partial charge in [0.15, 0.2) is 0 Å². The molecule has 1 atom stereocenters. The molecule has 1 aromatic heterocycles. The van der Waals surface area contributed by atoms with E-state index in [4.69, 9.17) is 10.6 Å². The third-order valence-electron chi connectivity index (χ3n) is 4.02. The van der Waals surface area contributed by atoms with Gasteiger partial charge < -0.3 is 4.74 Å². The van der Waals surface area contributed by atoms with E-state index in [9.17, 15) is 0 Å². The van der Waals surface area contributed by atoms with Crippen LogP contribution >= 0.6 is 11.3 Å². The smallest absolute Gasteiger partial charge is 0.0848 e. The highest BCUT2D eigenvalue weighted by molar-refractivity contribution is 7.07. The molecule has 1 aliphatic rings. The van der Waals surface area contributed by atoms with E-state index < -0.39 is 0 Å². The Hall–Kier alpha value is -0.420. The summed E-state index contributed by atoms with van der Waals surface area (Å²) in [5.74, 6) is 5.78. The fourth-order valence-corrected chi connectivity index (χ4v) is 3.80. The molecule has 0 bridgehead atoms. The quantitative estimate of drug-likeness (QED) is 0.590. The maximum absolute atomic E-state index is 6.07. The van der Waals surface area contributed by atoms with Gasteiger partial charge in [-0.1, -0.05) is 12.8 Å². The summed E-state index contributed by atoms with van der Waals surface area (Å²) in [5.41, 5.74) is 4.39. The Labute approximate surface area is 114 Å². The number of rotatable bonds is 7. The number of thiophene rings is 1. The lowest BCUT2D eigenvalue weighted by Crippen LogP contribution is -2.53. The fourth-order valence-electron chi connectivity index (χ4n) is 3.10. The molecule has 1 fully saturated rings. The van der Waals surface area contributed by atoms with Gasteiger partial charge in [-0.2, -0.15) is 11.3 Å². The number of nitrogens with one attached hydrogen (secondary N) is 1. The summed E-state index contributed by atoms with van der Waals surface area (Å²) >= 11 is 1.76. The van der Waals surface area contributed by atoms with Gasteiger partial charge in [0.2, 0.25) is 0 Å². The third kappa shape index (κ3) is 3.12. The van der Waals surface area contributed by atoms with E-state index in [1.54, 1.807) is 11.3 Å². The van der Waals surface area contributed by atoms with Crippen molar-refractivity contribution in [2.24, 2.45) is 5.84 Å². The summed E-state index contributed by atoms with van der Waals surface area (Å²) in [6.45, 7) is 2.85. The Morgan fingerprint density at radius 1 is 1.50 bits per heavy atom. The zero-order valence-corrected chi connectivity index (χ0v) is 12.0. The molecule has 18 heavy (non-hydrogen) atoms. The predicted molar refractivity (Wildman–Crippen MR) is 76.6 cm³/mol. The highest BCUT2D eigenvalue weighted by Crippen LogP contribution is 2.37. The molecule has 1 aromatic rings. The van der Waals surface area contributed by atoms with Crippen LogP contribution in [0.1, 0.15) is 44.6 Å². The van der Waals surface area contributed by atoms with E-state index in [0.717, 1.165) is 32.3 Å². The highest BCUT2D eigenvalue weighted by atomic mass is 32.1. The van der Waals surface area contributed by atoms with Crippen LogP contribution in [0, 0.1) is 0 Å². The Bertz CT molecular complexity index is 334.